The minimum absolute atomic E-state index is 0. The number of rotatable bonds is 4. The van der Waals surface area contributed by atoms with Gasteiger partial charge in [0.2, 0.25) is 0 Å². The van der Waals surface area contributed by atoms with Crippen LogP contribution in [-0.2, 0) is 9.59 Å². The van der Waals surface area contributed by atoms with Crippen molar-refractivity contribution in [1.29, 1.82) is 0 Å². The van der Waals surface area contributed by atoms with Crippen LogP contribution in [0.5, 0.6) is 0 Å². The number of carbonyl (C=O) groups excluding carboxylic acids is 1. The molecule has 0 radical (unpaired) electrons. The summed E-state index contributed by atoms with van der Waals surface area (Å²) in [6, 6.07) is 15.3. The Labute approximate surface area is 227 Å². The first kappa shape index (κ1) is 32.4. The molecule has 0 bridgehead atoms. The number of hydrogen-bond donors (Lipinski definition) is 3. The summed E-state index contributed by atoms with van der Waals surface area (Å²) in [6.45, 7) is 3.97. The van der Waals surface area contributed by atoms with Crippen LogP contribution in [0.2, 0.25) is 10.0 Å². The van der Waals surface area contributed by atoms with E-state index in [-0.39, 0.29) is 28.7 Å². The Kier molecular flexibility index (Phi) is 15.0. The molecule has 13 heteroatoms. The van der Waals surface area contributed by atoms with E-state index >= 15 is 0 Å². The van der Waals surface area contributed by atoms with Crippen molar-refractivity contribution in [3.8, 4) is 5.69 Å². The van der Waals surface area contributed by atoms with E-state index < -0.39 is 21.6 Å². The van der Waals surface area contributed by atoms with Gasteiger partial charge in [0.25, 0.3) is 5.56 Å². The van der Waals surface area contributed by atoms with Gasteiger partial charge in [-0.1, -0.05) is 70.7 Å². The molecular formula is C22H21Cl5N4O4. The number of nitrogens with one attached hydrogen (secondary N) is 1. The zero-order chi connectivity index (χ0) is 25.8. The lowest BCUT2D eigenvalue weighted by Crippen LogP contribution is -2.21. The van der Waals surface area contributed by atoms with Gasteiger partial charge in [0, 0.05) is 5.69 Å². The number of hydrogen-bond acceptors (Lipinski definition) is 6. The summed E-state index contributed by atoms with van der Waals surface area (Å²) >= 11 is 21.5. The molecule has 0 aliphatic heterocycles. The molecule has 0 aliphatic carbocycles. The summed E-state index contributed by atoms with van der Waals surface area (Å²) < 4.78 is 1.22. The number of aromatic nitrogens is 2. The number of nitrogens with zero attached hydrogens (tertiary/aromatic N) is 2. The third-order valence-corrected chi connectivity index (χ3v) is 5.30. The van der Waals surface area contributed by atoms with Gasteiger partial charge in [0.15, 0.2) is 6.29 Å². The van der Waals surface area contributed by atoms with Gasteiger partial charge >= 0.3 is 5.97 Å². The maximum atomic E-state index is 11.8. The Morgan fingerprint density at radius 2 is 1.66 bits per heavy atom. The van der Waals surface area contributed by atoms with Crippen LogP contribution in [0.1, 0.15) is 11.1 Å². The van der Waals surface area contributed by atoms with Crippen molar-refractivity contribution in [1.82, 2.24) is 9.78 Å². The van der Waals surface area contributed by atoms with E-state index in [9.17, 15) is 14.4 Å². The molecule has 35 heavy (non-hydrogen) atoms. The van der Waals surface area contributed by atoms with Gasteiger partial charge in [-0.05, 0) is 49.2 Å². The Balaban J connectivity index is 0.000000527. The van der Waals surface area contributed by atoms with Gasteiger partial charge in [0.05, 0.1) is 16.9 Å². The van der Waals surface area contributed by atoms with Crippen molar-refractivity contribution in [2.75, 3.05) is 5.43 Å². The van der Waals surface area contributed by atoms with E-state index in [0.29, 0.717) is 5.69 Å². The van der Waals surface area contributed by atoms with Gasteiger partial charge in [0.1, 0.15) is 15.1 Å². The number of carboxylic acids is 1. The third kappa shape index (κ3) is 10.7. The predicted molar refractivity (Wildman–Crippen MR) is 143 cm³/mol. The number of benzene rings is 2. The molecule has 0 atom stereocenters. The summed E-state index contributed by atoms with van der Waals surface area (Å²) in [5.74, 6) is 3.76. The predicted octanol–water partition coefficient (Wildman–Crippen LogP) is 5.51. The number of hydrazine groups is 1. The van der Waals surface area contributed by atoms with Crippen molar-refractivity contribution in [3.05, 3.63) is 96.3 Å². The summed E-state index contributed by atoms with van der Waals surface area (Å²) in [7, 11) is 0. The second kappa shape index (κ2) is 16.1. The molecule has 188 valence electrons. The summed E-state index contributed by atoms with van der Waals surface area (Å²) in [5, 5.41) is 11.0. The van der Waals surface area contributed by atoms with Crippen molar-refractivity contribution in [2.45, 2.75) is 13.8 Å². The highest BCUT2D eigenvalue weighted by atomic mass is 35.5. The average molecular weight is 583 g/mol. The molecule has 1 aromatic heterocycles. The second-order valence-corrected chi connectivity index (χ2v) is 8.03. The number of halogens is 5. The smallest absolute Gasteiger partial charge is 0.348 e. The first-order chi connectivity index (χ1) is 16.0. The van der Waals surface area contributed by atoms with Gasteiger partial charge < -0.3 is 10.5 Å². The fourth-order valence-corrected chi connectivity index (χ4v) is 2.62. The number of nitrogens with two attached hydrogens (primary N) is 1. The fraction of sp³-hybridized carbons (Fsp3) is 0.0909. The lowest BCUT2D eigenvalue weighted by atomic mass is 10.2. The van der Waals surface area contributed by atoms with E-state index in [1.54, 1.807) is 6.07 Å². The molecular weight excluding hydrogens is 562 g/mol. The van der Waals surface area contributed by atoms with Crippen LogP contribution in [0.4, 0.5) is 5.69 Å². The Bertz CT molecular complexity index is 1250. The minimum atomic E-state index is -1.41. The number of anilines is 1. The summed E-state index contributed by atoms with van der Waals surface area (Å²) in [6.07, 6.45) is 1.52. The maximum absolute atomic E-state index is 11.8. The Morgan fingerprint density at radius 3 is 2.09 bits per heavy atom. The van der Waals surface area contributed by atoms with Crippen LogP contribution in [0.3, 0.4) is 0 Å². The second-order valence-electron chi connectivity index (χ2n) is 6.46. The van der Waals surface area contributed by atoms with Crippen LogP contribution in [-0.4, -0.2) is 27.1 Å². The molecule has 0 saturated carbocycles. The molecule has 4 N–H and O–H groups in total. The van der Waals surface area contributed by atoms with Gasteiger partial charge in [-0.15, -0.1) is 12.4 Å². The molecule has 0 aliphatic rings. The molecule has 1 heterocycles. The normalized spacial score (nSPS) is 10.3. The number of carbonyl (C=O) groups is 2. The lowest BCUT2D eigenvalue weighted by molar-refractivity contribution is -0.132. The first-order valence-corrected chi connectivity index (χ1v) is 10.8. The molecule has 3 aromatic rings. The minimum Gasteiger partial charge on any atom is -0.477 e. The molecule has 8 nitrogen and oxygen atoms in total. The molecule has 0 fully saturated rings. The van der Waals surface area contributed by atoms with Crippen LogP contribution >= 0.6 is 58.8 Å². The Morgan fingerprint density at radius 1 is 1.09 bits per heavy atom. The van der Waals surface area contributed by atoms with E-state index in [1.165, 1.54) is 16.4 Å². The highest BCUT2D eigenvalue weighted by Crippen LogP contribution is 2.16. The van der Waals surface area contributed by atoms with E-state index in [0.717, 1.165) is 11.3 Å². The van der Waals surface area contributed by atoms with Gasteiger partial charge in [-0.2, -0.15) is 9.78 Å². The zero-order valence-corrected chi connectivity index (χ0v) is 22.2. The van der Waals surface area contributed by atoms with Crippen molar-refractivity contribution < 1.29 is 14.7 Å². The van der Waals surface area contributed by atoms with Crippen LogP contribution in [0.25, 0.3) is 5.69 Å². The molecule has 0 unspecified atom stereocenters. The molecule has 2 aromatic carbocycles. The molecule has 3 rings (SSSR count). The van der Waals surface area contributed by atoms with Gasteiger partial charge in [-0.25, -0.2) is 4.79 Å². The molecule has 0 saturated heterocycles. The quantitative estimate of drug-likeness (QED) is 0.160. The third-order valence-electron chi connectivity index (χ3n) is 3.81. The number of aliphatic carboxylic acids is 1. The van der Waals surface area contributed by atoms with Crippen LogP contribution < -0.4 is 16.8 Å². The van der Waals surface area contributed by atoms with Crippen molar-refractivity contribution >= 4 is 76.8 Å². The number of nitrogen functional groups attached to an aromatic ring is 1. The molecule has 0 amide bonds. The van der Waals surface area contributed by atoms with Gasteiger partial charge in [-0.3, -0.25) is 15.4 Å². The monoisotopic (exact) mass is 580 g/mol. The SMILES string of the molecule is Cc1cccc(-n2ncc(Cl)c(Cl)c2=O)c1.Cc1cccc(NN)c1.Cl.O=C/C(Cl)=C(\Cl)C(=O)O. The number of aryl methyl sites for hydroxylation is 2. The average Bonchev–Trinajstić information content (AvgIpc) is 2.82. The van der Waals surface area contributed by atoms with E-state index in [1.807, 2.05) is 56.3 Å². The highest BCUT2D eigenvalue weighted by molar-refractivity contribution is 6.51. The molecule has 0 spiro atoms. The van der Waals surface area contributed by atoms with Crippen LogP contribution in [0, 0.1) is 13.8 Å². The van der Waals surface area contributed by atoms with Crippen LogP contribution in [0.15, 0.2) is 69.6 Å². The fourth-order valence-electron chi connectivity index (χ4n) is 2.25. The number of carboxylic acid groups (broad SMARTS) is 1. The number of allylic oxidation sites excluding steroid dienone is 1. The summed E-state index contributed by atoms with van der Waals surface area (Å²) in [5.41, 5.74) is 6.03. The standard InChI is InChI=1S/C11H8Cl2N2O.C7H10N2.C4H2Cl2O3.ClH/c1-7-3-2-4-8(5-7)15-11(16)10(13)9(12)6-14-15;1-6-3-2-4-7(5-6)9-8;5-2(1-7)3(6)4(8)9;/h2-6H,1H3;2-5,9H,8H2,1H3;1H,(H,8,9);1H/b;;3-2+;. The largest absolute Gasteiger partial charge is 0.477 e. The Hall–Kier alpha value is -2.59. The first-order valence-electron chi connectivity index (χ1n) is 9.29. The number of aldehydes is 1. The summed E-state index contributed by atoms with van der Waals surface area (Å²) in [4.78, 5) is 31.4. The van der Waals surface area contributed by atoms with E-state index in [2.05, 4.69) is 10.5 Å². The zero-order valence-electron chi connectivity index (χ0n) is 18.3. The topological polar surface area (TPSA) is 127 Å². The van der Waals surface area contributed by atoms with E-state index in [4.69, 9.17) is 57.4 Å². The maximum Gasteiger partial charge on any atom is 0.348 e. The lowest BCUT2D eigenvalue weighted by Gasteiger charge is -2.05. The highest BCUT2D eigenvalue weighted by Gasteiger charge is 2.09. The van der Waals surface area contributed by atoms with Crippen molar-refractivity contribution in [3.63, 3.8) is 0 Å². The van der Waals surface area contributed by atoms with Crippen molar-refractivity contribution in [2.24, 2.45) is 5.84 Å².